The smallest absolute Gasteiger partial charge is 0.411 e. The molecule has 0 aromatic heterocycles. The lowest BCUT2D eigenvalue weighted by Crippen LogP contribution is -2.53. The maximum atomic E-state index is 14.0. The fourth-order valence-corrected chi connectivity index (χ4v) is 14.4. The zero-order valence-electron chi connectivity index (χ0n) is 67.4. The maximum absolute atomic E-state index is 14.0. The molecule has 16 nitrogen and oxygen atoms in total. The highest BCUT2D eigenvalue weighted by atomic mass is 16.6. The fraction of sp³-hybridized carbons (Fsp3) is 0.851. The van der Waals surface area contributed by atoms with Gasteiger partial charge >= 0.3 is 12.1 Å². The Morgan fingerprint density at radius 2 is 0.816 bits per heavy atom. The summed E-state index contributed by atoms with van der Waals surface area (Å²) < 4.78 is 42.3. The number of rotatable bonds is 69. The van der Waals surface area contributed by atoms with E-state index in [4.69, 9.17) is 33.2 Å². The van der Waals surface area contributed by atoms with Crippen LogP contribution in [0.1, 0.15) is 392 Å². The molecule has 0 aliphatic carbocycles. The molecule has 3 rings (SSSR count). The molecule has 0 spiro atoms. The third kappa shape index (κ3) is 47.0. The van der Waals surface area contributed by atoms with Crippen LogP contribution >= 0.6 is 0 Å². The summed E-state index contributed by atoms with van der Waals surface area (Å²) >= 11 is 0. The van der Waals surface area contributed by atoms with E-state index in [9.17, 15) is 24.0 Å². The van der Waals surface area contributed by atoms with Crippen molar-refractivity contribution in [2.45, 2.75) is 406 Å². The zero-order valence-corrected chi connectivity index (χ0v) is 67.4. The van der Waals surface area contributed by atoms with Gasteiger partial charge in [0.05, 0.1) is 53.4 Å². The van der Waals surface area contributed by atoms with Crippen LogP contribution in [-0.2, 0) is 33.3 Å². The molecule has 4 amide bonds. The second-order valence-corrected chi connectivity index (χ2v) is 31.0. The molecule has 0 radical (unpaired) electrons. The van der Waals surface area contributed by atoms with Crippen molar-refractivity contribution in [3.8, 4) is 17.2 Å². The molecule has 2 heterocycles. The van der Waals surface area contributed by atoms with E-state index in [2.05, 4.69) is 31.4 Å². The first-order valence-electron chi connectivity index (χ1n) is 43.2. The molecule has 0 bridgehead atoms. The van der Waals surface area contributed by atoms with Crippen molar-refractivity contribution in [1.29, 1.82) is 0 Å². The Morgan fingerprint density at radius 3 is 1.19 bits per heavy atom. The van der Waals surface area contributed by atoms with Crippen LogP contribution in [0.5, 0.6) is 17.2 Å². The van der Waals surface area contributed by atoms with Crippen molar-refractivity contribution < 1.29 is 57.1 Å². The van der Waals surface area contributed by atoms with Gasteiger partial charge in [0, 0.05) is 31.2 Å². The largest absolute Gasteiger partial charge is 0.490 e. The minimum atomic E-state index is -0.784. The van der Waals surface area contributed by atoms with Crippen molar-refractivity contribution >= 4 is 29.8 Å². The van der Waals surface area contributed by atoms with E-state index in [1.807, 2.05) is 12.1 Å². The lowest BCUT2D eigenvalue weighted by molar-refractivity contribution is -0.152. The van der Waals surface area contributed by atoms with Crippen LogP contribution in [-0.4, -0.2) is 136 Å². The topological polar surface area (TPSA) is 180 Å². The first-order chi connectivity index (χ1) is 50.3. The Hall–Kier alpha value is -4.57. The molecule has 2 saturated heterocycles. The number of nitrogens with zero attached hydrogens (tertiary/aromatic N) is 2. The van der Waals surface area contributed by atoms with E-state index in [0.717, 1.165) is 38.5 Å². The number of hydrogen-bond donors (Lipinski definition) is 2. The predicted octanol–water partition coefficient (Wildman–Crippen LogP) is 22.4. The Morgan fingerprint density at radius 1 is 0.447 bits per heavy atom. The van der Waals surface area contributed by atoms with Crippen LogP contribution in [0.15, 0.2) is 24.3 Å². The van der Waals surface area contributed by atoms with Crippen molar-refractivity contribution in [3.63, 3.8) is 0 Å². The Labute approximate surface area is 630 Å². The van der Waals surface area contributed by atoms with Crippen molar-refractivity contribution in [3.05, 3.63) is 29.8 Å². The van der Waals surface area contributed by atoms with Crippen LogP contribution in [0, 0.1) is 0 Å². The van der Waals surface area contributed by atoms with Gasteiger partial charge in [0.15, 0.2) is 11.5 Å². The van der Waals surface area contributed by atoms with Gasteiger partial charge in [-0.25, -0.2) is 9.59 Å². The van der Waals surface area contributed by atoms with Gasteiger partial charge in [0.1, 0.15) is 17.7 Å². The van der Waals surface area contributed by atoms with E-state index in [1.54, 1.807) is 26.8 Å². The van der Waals surface area contributed by atoms with Crippen LogP contribution in [0.25, 0.3) is 0 Å². The number of carbonyl (C=O) groups is 5. The summed E-state index contributed by atoms with van der Waals surface area (Å²) in [6, 6.07) is 1.85. The van der Waals surface area contributed by atoms with Gasteiger partial charge in [-0.2, -0.15) is 0 Å². The van der Waals surface area contributed by atoms with Crippen molar-refractivity contribution in [2.75, 3.05) is 73.0 Å². The van der Waals surface area contributed by atoms with E-state index in [-0.39, 0.29) is 43.5 Å². The minimum absolute atomic E-state index is 0.232. The number of esters is 1. The van der Waals surface area contributed by atoms with E-state index >= 15 is 0 Å². The second kappa shape index (κ2) is 63.5. The summed E-state index contributed by atoms with van der Waals surface area (Å²) in [6.07, 6.45) is 67.9. The summed E-state index contributed by atoms with van der Waals surface area (Å²) in [5.74, 6) is 0.464. The molecule has 1 aromatic carbocycles. The summed E-state index contributed by atoms with van der Waals surface area (Å²) in [5.41, 5.74) is -0.316. The van der Waals surface area contributed by atoms with Gasteiger partial charge < -0.3 is 48.7 Å². The molecule has 2 fully saturated rings. The monoisotopic (exact) mass is 1450 g/mol. The molecule has 0 unspecified atom stereocenters. The molecular formula is C87H156N4O12. The first kappa shape index (κ1) is 92.6. The molecule has 2 N–H and O–H groups in total. The highest BCUT2D eigenvalue weighted by Gasteiger charge is 2.47. The minimum Gasteiger partial charge on any atom is -0.490 e. The summed E-state index contributed by atoms with van der Waals surface area (Å²) in [7, 11) is 1.31. The van der Waals surface area contributed by atoms with Gasteiger partial charge in [-0.15, -0.1) is 0 Å². The number of ether oxygens (including phenoxy) is 7. The van der Waals surface area contributed by atoms with Crippen molar-refractivity contribution in [1.82, 2.24) is 20.4 Å². The SMILES string of the molecule is CCCCCCCCCCCCCCCCCCOc1cc(C(=O)NCCOCCOCCNC(=O)/C=C/C[C@H]2CC[C@@H](C(=O)N3CCC[C@H]3C(=O)OC)N2C(=O)OC(C)(C)C)cc(OCCCCCCCCCCCCCCCCCC)c1OCCCCCCCCCCCCCCCCCC. The Balaban J connectivity index is 1.53. The van der Waals surface area contributed by atoms with E-state index in [1.165, 1.54) is 293 Å². The number of hydrogen-bond acceptors (Lipinski definition) is 12. The van der Waals surface area contributed by atoms with Gasteiger partial charge in [0.25, 0.3) is 5.91 Å². The highest BCUT2D eigenvalue weighted by Crippen LogP contribution is 2.40. The zero-order chi connectivity index (χ0) is 74.3. The summed E-state index contributed by atoms with van der Waals surface area (Å²) in [5, 5.41) is 5.90. The standard InChI is InChI=1S/C87H156N4O12/c1-8-11-14-17-20-23-26-29-32-35-38-41-44-47-50-53-66-100-79-73-75(74-80(101-67-54-51-48-45-42-39-36-33-30-27-24-21-18-15-12-9-2)82(79)102-68-55-52-49-46-43-40-37-34-31-28-25-22-19-16-13-10-3)83(93)89-64-70-99-72-71-98-69-63-88-81(92)60-56-58-76-61-62-77(91(76)86(96)103-87(4,5)6)84(94)90-65-57-59-78(90)85(95)97-7/h56,60,73-74,76-78H,8-55,57-59,61-72H2,1-7H3,(H,88,92)(H,89,93)/b60-56+/t76-,77-,78-/m0/s1. The Bertz CT molecular complexity index is 2230. The number of likely N-dealkylation sites (tertiary alicyclic amines) is 2. The quantitative estimate of drug-likeness (QED) is 0.0358. The molecule has 0 saturated carbocycles. The van der Waals surface area contributed by atoms with E-state index < -0.39 is 29.7 Å². The normalized spacial score (nSPS) is 15.3. The number of unbranched alkanes of at least 4 members (excludes halogenated alkanes) is 45. The van der Waals surface area contributed by atoms with Gasteiger partial charge in [-0.3, -0.25) is 19.3 Å². The molecule has 2 aliphatic heterocycles. The fourth-order valence-electron chi connectivity index (χ4n) is 14.4. The van der Waals surface area contributed by atoms with Gasteiger partial charge in [-0.1, -0.05) is 316 Å². The second-order valence-electron chi connectivity index (χ2n) is 31.0. The molecule has 103 heavy (non-hydrogen) atoms. The van der Waals surface area contributed by atoms with Crippen LogP contribution in [0.4, 0.5) is 4.79 Å². The number of carbonyl (C=O) groups excluding carboxylic acids is 5. The summed E-state index contributed by atoms with van der Waals surface area (Å²) in [4.78, 5) is 69.8. The van der Waals surface area contributed by atoms with E-state index in [0.29, 0.717) is 101 Å². The van der Waals surface area contributed by atoms with Gasteiger partial charge in [-0.05, 0) is 90.3 Å². The number of methoxy groups -OCH3 is 1. The van der Waals surface area contributed by atoms with Crippen LogP contribution in [0.2, 0.25) is 0 Å². The third-order valence-corrected chi connectivity index (χ3v) is 20.6. The van der Waals surface area contributed by atoms with Crippen LogP contribution in [0.3, 0.4) is 0 Å². The maximum Gasteiger partial charge on any atom is 0.411 e. The number of nitrogens with one attached hydrogen (secondary N) is 2. The third-order valence-electron chi connectivity index (χ3n) is 20.6. The first-order valence-corrected chi connectivity index (χ1v) is 43.2. The van der Waals surface area contributed by atoms with Gasteiger partial charge in [0.2, 0.25) is 17.6 Å². The molecule has 596 valence electrons. The molecule has 1 aromatic rings. The lowest BCUT2D eigenvalue weighted by atomic mass is 10.0. The molecular weight excluding hydrogens is 1290 g/mol. The Kier molecular flexibility index (Phi) is 57.1. The average Bonchev–Trinajstić information content (AvgIpc) is 1.69. The van der Waals surface area contributed by atoms with Crippen molar-refractivity contribution in [2.24, 2.45) is 0 Å². The summed E-state index contributed by atoms with van der Waals surface area (Å²) in [6.45, 7) is 16.0. The average molecular weight is 1450 g/mol. The number of amides is 4. The predicted molar refractivity (Wildman–Crippen MR) is 424 cm³/mol. The lowest BCUT2D eigenvalue weighted by Gasteiger charge is -2.34. The molecule has 3 atom stereocenters. The molecule has 16 heteroatoms. The highest BCUT2D eigenvalue weighted by molar-refractivity contribution is 5.95. The van der Waals surface area contributed by atoms with Crippen LogP contribution < -0.4 is 24.8 Å². The number of benzene rings is 1. The molecule has 2 aliphatic rings.